The lowest BCUT2D eigenvalue weighted by molar-refractivity contribution is -0.375. The fourth-order valence-corrected chi connectivity index (χ4v) is 18.5. The van der Waals surface area contributed by atoms with Crippen molar-refractivity contribution in [1.82, 2.24) is 0 Å². The van der Waals surface area contributed by atoms with E-state index < -0.39 is 237 Å². The summed E-state index contributed by atoms with van der Waals surface area (Å²) in [5.41, 5.74) is -2.98. The first-order valence-corrected chi connectivity index (χ1v) is 32.9. The van der Waals surface area contributed by atoms with E-state index in [1.54, 1.807) is 6.92 Å². The van der Waals surface area contributed by atoms with Gasteiger partial charge in [0.25, 0.3) is 0 Å². The number of aldehydes is 1. The van der Waals surface area contributed by atoms with Crippen LogP contribution in [0.15, 0.2) is 11.6 Å². The van der Waals surface area contributed by atoms with E-state index in [4.69, 9.17) is 56.8 Å². The Morgan fingerprint density at radius 3 is 1.77 bits per heavy atom. The zero-order valence-electron chi connectivity index (χ0n) is 53.7. The van der Waals surface area contributed by atoms with E-state index in [2.05, 4.69) is 40.7 Å². The minimum atomic E-state index is -2.09. The van der Waals surface area contributed by atoms with Crippen molar-refractivity contribution in [3.63, 3.8) is 0 Å². The smallest absolute Gasteiger partial charge is 0.335 e. The number of hydrogen-bond acceptors (Lipinski definition) is 30. The first-order chi connectivity index (χ1) is 44.1. The second-order valence-corrected chi connectivity index (χ2v) is 30.2. The van der Waals surface area contributed by atoms with Crippen molar-refractivity contribution >= 4 is 18.2 Å². The molecule has 0 amide bonds. The molecule has 5 aliphatic carbocycles. The molecule has 10 fully saturated rings. The number of carboxylic acid groups (broad SMARTS) is 1. The van der Waals surface area contributed by atoms with Crippen LogP contribution in [0.3, 0.4) is 0 Å². The number of aliphatic hydroxyl groups is 15. The SMILES string of the molecule is C[C@@H]1O[C@@H](O[C@H]2[C@H](OC(=O)[C@]34CCC(C)(C)CC3C3=CCC5[C@@]6(C)CC[C@H](O[C@@H]7O[C@H](C(=O)O)[C@@H](O)[C@H](O)[C@H]7O[C@@H]7O[C@H](CO)[C@H](O)[C@H](O)[C@H]7O)[C@@](C)(C=O)C6CC[C@@]5(C)[C@]3(C)CC4)OC[C@@H](O)[C@@H]2O)[C@H](O)[C@H](O)[C@H]1O[C@@H]1OC[C@H](O)[C@H](O[C@@H]2OC[C@H](O)[C@H](O)[C@H]2O)[C@H]1O. The Hall–Kier alpha value is -2.69. The van der Waals surface area contributed by atoms with Gasteiger partial charge in [-0.15, -0.1) is 0 Å². The number of carbonyl (C=O) groups is 3. The van der Waals surface area contributed by atoms with Crippen LogP contribution in [0.2, 0.25) is 0 Å². The van der Waals surface area contributed by atoms with Gasteiger partial charge in [-0.05, 0) is 111 Å². The highest BCUT2D eigenvalue weighted by atomic mass is 16.8. The highest BCUT2D eigenvalue weighted by Crippen LogP contribution is 2.76. The fourth-order valence-electron chi connectivity index (χ4n) is 18.5. The minimum Gasteiger partial charge on any atom is -0.479 e. The molecule has 36 atom stereocenters. The quantitative estimate of drug-likeness (QED) is 0.0320. The van der Waals surface area contributed by atoms with Crippen molar-refractivity contribution < 1.29 is 153 Å². The van der Waals surface area contributed by atoms with Crippen LogP contribution in [0, 0.1) is 50.2 Å². The summed E-state index contributed by atoms with van der Waals surface area (Å²) >= 11 is 0. The number of hydrogen-bond donors (Lipinski definition) is 16. The van der Waals surface area contributed by atoms with Gasteiger partial charge in [-0.1, -0.05) is 53.2 Å². The molecule has 536 valence electrons. The fraction of sp³-hybridized carbons (Fsp3) is 0.921. The Bertz CT molecular complexity index is 2730. The van der Waals surface area contributed by atoms with Crippen LogP contribution in [0.4, 0.5) is 0 Å². The highest BCUT2D eigenvalue weighted by molar-refractivity contribution is 5.79. The van der Waals surface area contributed by atoms with Gasteiger partial charge in [0.2, 0.25) is 6.29 Å². The van der Waals surface area contributed by atoms with Crippen molar-refractivity contribution in [3.05, 3.63) is 11.6 Å². The molecule has 11 aliphatic rings. The third kappa shape index (κ3) is 12.3. The molecule has 4 saturated carbocycles. The molecule has 0 spiro atoms. The number of allylic oxidation sites excluding steroid dienone is 2. The molecule has 6 saturated heterocycles. The number of carbonyl (C=O) groups excluding carboxylic acids is 2. The maximum atomic E-state index is 15.5. The van der Waals surface area contributed by atoms with Crippen molar-refractivity contribution in [2.45, 2.75) is 285 Å². The highest BCUT2D eigenvalue weighted by Gasteiger charge is 2.71. The van der Waals surface area contributed by atoms with E-state index in [1.165, 1.54) is 6.92 Å². The maximum absolute atomic E-state index is 15.5. The van der Waals surface area contributed by atoms with Gasteiger partial charge in [0.05, 0.1) is 49.5 Å². The Kier molecular flexibility index (Phi) is 20.8. The molecule has 11 rings (SSSR count). The van der Waals surface area contributed by atoms with Gasteiger partial charge in [0.1, 0.15) is 116 Å². The van der Waals surface area contributed by atoms with E-state index >= 15 is 4.79 Å². The van der Waals surface area contributed by atoms with Crippen LogP contribution in [-0.4, -0.2) is 298 Å². The first kappa shape index (κ1) is 72.6. The van der Waals surface area contributed by atoms with E-state index in [1.807, 2.05) is 0 Å². The molecule has 6 heterocycles. The summed E-state index contributed by atoms with van der Waals surface area (Å²) in [7, 11) is 0. The predicted molar refractivity (Wildman–Crippen MR) is 310 cm³/mol. The summed E-state index contributed by atoms with van der Waals surface area (Å²) in [4.78, 5) is 41.8. The molecule has 31 heteroatoms. The molecule has 3 unspecified atom stereocenters. The van der Waals surface area contributed by atoms with Crippen LogP contribution >= 0.6 is 0 Å². The number of rotatable bonds is 15. The van der Waals surface area contributed by atoms with E-state index in [0.29, 0.717) is 57.8 Å². The molecule has 31 nitrogen and oxygen atoms in total. The number of fused-ring (bicyclic) bond motifs is 7. The van der Waals surface area contributed by atoms with E-state index in [0.717, 1.165) is 11.9 Å². The molecular formula is C63H98O31. The summed E-state index contributed by atoms with van der Waals surface area (Å²) in [5.74, 6) is -3.00. The Morgan fingerprint density at radius 1 is 0.543 bits per heavy atom. The molecule has 16 N–H and O–H groups in total. The Labute approximate surface area is 542 Å². The third-order valence-electron chi connectivity index (χ3n) is 24.4. The molecule has 0 bridgehead atoms. The van der Waals surface area contributed by atoms with Gasteiger partial charge < -0.3 is 143 Å². The zero-order chi connectivity index (χ0) is 68.4. The average Bonchev–Trinajstić information content (AvgIpc) is 0.674. The van der Waals surface area contributed by atoms with Crippen LogP contribution < -0.4 is 0 Å². The van der Waals surface area contributed by atoms with Crippen molar-refractivity contribution in [1.29, 1.82) is 0 Å². The summed E-state index contributed by atoms with van der Waals surface area (Å²) < 4.78 is 70.8. The monoisotopic (exact) mass is 1350 g/mol. The van der Waals surface area contributed by atoms with Crippen LogP contribution in [0.25, 0.3) is 0 Å². The molecule has 0 aromatic carbocycles. The summed E-state index contributed by atoms with van der Waals surface area (Å²) in [6, 6.07) is 0. The second kappa shape index (κ2) is 27.0. The number of esters is 1. The van der Waals surface area contributed by atoms with Crippen LogP contribution in [0.5, 0.6) is 0 Å². The second-order valence-electron chi connectivity index (χ2n) is 30.2. The standard InChI is InChI=1S/C63H98O31/c1-24-45(89-52-44(79)46(29(68)22-84-52)90-51-41(76)34(69)27(66)20-83-51)40(75)43(78)53(86-24)92-48-35(70)28(67)21-85-55(48)94-57(82)63-16-14-58(2,3)18-26(63)25-8-9-32-59(4)12-11-33(60(5,23-65)31(59)10-13-62(32,7)61(25,6)15-17-63)88-56-49(39(74)38(73)47(91-56)50(80)81)93-54-42(77)37(72)36(71)30(19-64)87-54/h8,23-24,26-49,51-56,64,66-79H,9-22H2,1-7H3,(H,80,81)/t24-,26?,27-,28+,29-,30+,31?,32?,33-,34-,35-,36-,37-,38-,39-,40-,41+,42+,43+,44+,45-,46-,47-,48+,49+,51-,52-,53-,54-,55-,56+,59-,60-,61+,62+,63-/m0/s1. The Balaban J connectivity index is 0.791. The first-order valence-electron chi connectivity index (χ1n) is 32.9. The third-order valence-corrected chi connectivity index (χ3v) is 24.4. The Morgan fingerprint density at radius 2 is 1.11 bits per heavy atom. The largest absolute Gasteiger partial charge is 0.479 e. The lowest BCUT2D eigenvalue weighted by atomic mass is 9.33. The average molecular weight is 1350 g/mol. The maximum Gasteiger partial charge on any atom is 0.335 e. The zero-order valence-corrected chi connectivity index (χ0v) is 53.7. The number of ether oxygens (including phenoxy) is 12. The van der Waals surface area contributed by atoms with Gasteiger partial charge >= 0.3 is 11.9 Å². The summed E-state index contributed by atoms with van der Waals surface area (Å²) in [6.45, 7) is 12.1. The molecule has 6 aliphatic heterocycles. The van der Waals surface area contributed by atoms with Crippen LogP contribution in [-0.2, 0) is 71.2 Å². The van der Waals surface area contributed by atoms with Gasteiger partial charge in [-0.3, -0.25) is 4.79 Å². The number of carboxylic acids is 1. The van der Waals surface area contributed by atoms with Crippen LogP contribution in [0.1, 0.15) is 113 Å². The van der Waals surface area contributed by atoms with Gasteiger partial charge in [0.15, 0.2) is 43.7 Å². The van der Waals surface area contributed by atoms with E-state index in [9.17, 15) is 91.3 Å². The number of aliphatic hydroxyl groups excluding tert-OH is 15. The van der Waals surface area contributed by atoms with Gasteiger partial charge in [-0.2, -0.15) is 0 Å². The molecule has 0 radical (unpaired) electrons. The molecule has 0 aromatic heterocycles. The summed E-state index contributed by atoms with van der Waals surface area (Å²) in [5, 5.41) is 172. The van der Waals surface area contributed by atoms with Gasteiger partial charge in [0, 0.05) is 0 Å². The van der Waals surface area contributed by atoms with Crippen molar-refractivity contribution in [2.24, 2.45) is 50.2 Å². The predicted octanol–water partition coefficient (Wildman–Crippen LogP) is -4.17. The number of aliphatic carboxylic acids is 1. The molecule has 0 aromatic rings. The molecule has 94 heavy (non-hydrogen) atoms. The topological polar surface area (TPSA) is 486 Å². The van der Waals surface area contributed by atoms with Crippen molar-refractivity contribution in [2.75, 3.05) is 26.4 Å². The lowest BCUT2D eigenvalue weighted by Gasteiger charge is -2.71. The molecular weight excluding hydrogens is 1250 g/mol. The normalized spacial score (nSPS) is 54.4. The minimum absolute atomic E-state index is 0.0356. The van der Waals surface area contributed by atoms with E-state index in [-0.39, 0.29) is 29.6 Å². The lowest BCUT2D eigenvalue weighted by Crippen LogP contribution is -2.68. The van der Waals surface area contributed by atoms with Gasteiger partial charge in [-0.25, -0.2) is 4.79 Å². The van der Waals surface area contributed by atoms with Crippen molar-refractivity contribution in [3.8, 4) is 0 Å². The summed E-state index contributed by atoms with van der Waals surface area (Å²) in [6.07, 6.45) is -39.4.